The maximum absolute atomic E-state index is 12.1. The fourth-order valence-corrected chi connectivity index (χ4v) is 1.00. The van der Waals surface area contributed by atoms with E-state index in [1.165, 1.54) is 6.92 Å². The Morgan fingerprint density at radius 3 is 2.25 bits per heavy atom. The number of carbonyl (C=O) groups excluding carboxylic acids is 1. The molecule has 0 aromatic rings. The van der Waals surface area contributed by atoms with Crippen molar-refractivity contribution in [1.29, 1.82) is 0 Å². The van der Waals surface area contributed by atoms with Gasteiger partial charge < -0.3 is 15.7 Å². The van der Waals surface area contributed by atoms with Gasteiger partial charge in [-0.1, -0.05) is 6.92 Å². The standard InChI is InChI=1S/C8H13F3N2O3/c1-5(2-12)7(16)13(3-6(14)15)4-8(9,10)11/h5H,2-4,12H2,1H3,(H,14,15). The van der Waals surface area contributed by atoms with E-state index in [9.17, 15) is 22.8 Å². The second-order valence-electron chi connectivity index (χ2n) is 3.34. The van der Waals surface area contributed by atoms with Crippen LogP contribution in [-0.4, -0.2) is 47.7 Å². The topological polar surface area (TPSA) is 83.6 Å². The summed E-state index contributed by atoms with van der Waals surface area (Å²) in [6.07, 6.45) is -4.63. The van der Waals surface area contributed by atoms with Crippen molar-refractivity contribution in [2.75, 3.05) is 19.6 Å². The zero-order valence-corrected chi connectivity index (χ0v) is 8.62. The molecule has 0 saturated heterocycles. The van der Waals surface area contributed by atoms with Crippen LogP contribution in [0.3, 0.4) is 0 Å². The molecule has 0 radical (unpaired) electrons. The van der Waals surface area contributed by atoms with E-state index in [-0.39, 0.29) is 11.4 Å². The van der Waals surface area contributed by atoms with E-state index in [1.807, 2.05) is 0 Å². The molecule has 0 aliphatic rings. The molecule has 0 rings (SSSR count). The summed E-state index contributed by atoms with van der Waals surface area (Å²) in [5, 5.41) is 8.39. The fourth-order valence-electron chi connectivity index (χ4n) is 1.00. The van der Waals surface area contributed by atoms with Crippen LogP contribution in [0, 0.1) is 5.92 Å². The minimum absolute atomic E-state index is 0.132. The molecule has 8 heteroatoms. The number of nitrogens with two attached hydrogens (primary N) is 1. The second kappa shape index (κ2) is 5.69. The average Bonchev–Trinajstić information content (AvgIpc) is 2.11. The Morgan fingerprint density at radius 1 is 1.44 bits per heavy atom. The molecule has 0 aliphatic heterocycles. The number of alkyl halides is 3. The van der Waals surface area contributed by atoms with Crippen molar-refractivity contribution >= 4 is 11.9 Å². The lowest BCUT2D eigenvalue weighted by molar-refractivity contribution is -0.167. The van der Waals surface area contributed by atoms with Gasteiger partial charge in [-0.05, 0) is 0 Å². The third kappa shape index (κ3) is 5.54. The van der Waals surface area contributed by atoms with Gasteiger partial charge in [0.2, 0.25) is 5.91 Å². The minimum Gasteiger partial charge on any atom is -0.480 e. The van der Waals surface area contributed by atoms with Crippen molar-refractivity contribution in [2.24, 2.45) is 11.7 Å². The van der Waals surface area contributed by atoms with Crippen molar-refractivity contribution < 1.29 is 27.9 Å². The molecule has 0 bridgehead atoms. The summed E-state index contributed by atoms with van der Waals surface area (Å²) in [4.78, 5) is 21.9. The van der Waals surface area contributed by atoms with Crippen molar-refractivity contribution in [3.05, 3.63) is 0 Å². The Morgan fingerprint density at radius 2 is 1.94 bits per heavy atom. The maximum Gasteiger partial charge on any atom is 0.406 e. The molecular weight excluding hydrogens is 229 g/mol. The van der Waals surface area contributed by atoms with Crippen LogP contribution in [0.5, 0.6) is 0 Å². The van der Waals surface area contributed by atoms with Crippen LogP contribution in [0.2, 0.25) is 0 Å². The number of nitrogens with zero attached hydrogens (tertiary/aromatic N) is 1. The Bertz CT molecular complexity index is 268. The lowest BCUT2D eigenvalue weighted by Crippen LogP contribution is -2.45. The number of hydrogen-bond acceptors (Lipinski definition) is 3. The molecule has 1 amide bonds. The number of carboxylic acid groups (broad SMARTS) is 1. The molecule has 0 aromatic heterocycles. The van der Waals surface area contributed by atoms with Crippen LogP contribution in [0.25, 0.3) is 0 Å². The molecule has 0 aliphatic carbocycles. The first-order valence-electron chi connectivity index (χ1n) is 4.44. The van der Waals surface area contributed by atoms with E-state index in [2.05, 4.69) is 0 Å². The van der Waals surface area contributed by atoms with Gasteiger partial charge in [-0.25, -0.2) is 0 Å². The van der Waals surface area contributed by atoms with Gasteiger partial charge in [0, 0.05) is 12.5 Å². The van der Waals surface area contributed by atoms with Gasteiger partial charge in [-0.2, -0.15) is 13.2 Å². The van der Waals surface area contributed by atoms with Crippen molar-refractivity contribution in [1.82, 2.24) is 4.90 Å². The van der Waals surface area contributed by atoms with Crippen molar-refractivity contribution in [2.45, 2.75) is 13.1 Å². The fraction of sp³-hybridized carbons (Fsp3) is 0.750. The smallest absolute Gasteiger partial charge is 0.406 e. The molecule has 0 saturated carbocycles. The van der Waals surface area contributed by atoms with Gasteiger partial charge >= 0.3 is 12.1 Å². The van der Waals surface area contributed by atoms with Crippen LogP contribution >= 0.6 is 0 Å². The summed E-state index contributed by atoms with van der Waals surface area (Å²) in [6, 6.07) is 0. The number of halogens is 3. The Kier molecular flexibility index (Phi) is 5.22. The molecule has 0 heterocycles. The SMILES string of the molecule is CC(CN)C(=O)N(CC(=O)O)CC(F)(F)F. The van der Waals surface area contributed by atoms with Gasteiger partial charge in [0.05, 0.1) is 0 Å². The molecular formula is C8H13F3N2O3. The molecule has 0 fully saturated rings. The highest BCUT2D eigenvalue weighted by molar-refractivity contribution is 5.83. The molecule has 0 aromatic carbocycles. The Balaban J connectivity index is 4.66. The Labute approximate surface area is 90.0 Å². The van der Waals surface area contributed by atoms with E-state index < -0.39 is 37.1 Å². The molecule has 5 nitrogen and oxygen atoms in total. The zero-order chi connectivity index (χ0) is 12.9. The number of carboxylic acids is 1. The summed E-state index contributed by atoms with van der Waals surface area (Å²) in [6.45, 7) is -1.36. The number of aliphatic carboxylic acids is 1. The zero-order valence-electron chi connectivity index (χ0n) is 8.62. The average molecular weight is 242 g/mol. The van der Waals surface area contributed by atoms with E-state index >= 15 is 0 Å². The highest BCUT2D eigenvalue weighted by Crippen LogP contribution is 2.17. The highest BCUT2D eigenvalue weighted by atomic mass is 19.4. The first-order chi connectivity index (χ1) is 7.17. The van der Waals surface area contributed by atoms with Gasteiger partial charge in [-0.3, -0.25) is 9.59 Å². The number of amides is 1. The molecule has 1 atom stereocenters. The summed E-state index contributed by atoms with van der Waals surface area (Å²) in [7, 11) is 0. The van der Waals surface area contributed by atoms with E-state index in [0.29, 0.717) is 0 Å². The third-order valence-electron chi connectivity index (χ3n) is 1.78. The van der Waals surface area contributed by atoms with Crippen LogP contribution in [0.1, 0.15) is 6.92 Å². The van der Waals surface area contributed by atoms with Crippen LogP contribution in [0.4, 0.5) is 13.2 Å². The van der Waals surface area contributed by atoms with Crippen molar-refractivity contribution in [3.8, 4) is 0 Å². The normalized spacial score (nSPS) is 13.3. The van der Waals surface area contributed by atoms with Gasteiger partial charge in [0.15, 0.2) is 0 Å². The number of carbonyl (C=O) groups is 2. The monoisotopic (exact) mass is 242 g/mol. The van der Waals surface area contributed by atoms with Crippen molar-refractivity contribution in [3.63, 3.8) is 0 Å². The van der Waals surface area contributed by atoms with Crippen LogP contribution in [0.15, 0.2) is 0 Å². The predicted molar refractivity (Wildman–Crippen MR) is 48.5 cm³/mol. The first kappa shape index (κ1) is 14.7. The molecule has 1 unspecified atom stereocenters. The van der Waals surface area contributed by atoms with E-state index in [4.69, 9.17) is 10.8 Å². The van der Waals surface area contributed by atoms with Gasteiger partial charge in [0.1, 0.15) is 13.1 Å². The quantitative estimate of drug-likeness (QED) is 0.713. The molecule has 0 spiro atoms. The highest BCUT2D eigenvalue weighted by Gasteiger charge is 2.35. The minimum atomic E-state index is -4.63. The largest absolute Gasteiger partial charge is 0.480 e. The molecule has 94 valence electrons. The number of hydrogen-bond donors (Lipinski definition) is 2. The lowest BCUT2D eigenvalue weighted by atomic mass is 10.1. The predicted octanol–water partition coefficient (Wildman–Crippen LogP) is 0.0567. The maximum atomic E-state index is 12.1. The molecule has 16 heavy (non-hydrogen) atoms. The Hall–Kier alpha value is -1.31. The summed E-state index contributed by atoms with van der Waals surface area (Å²) in [5.41, 5.74) is 5.13. The van der Waals surface area contributed by atoms with E-state index in [0.717, 1.165) is 0 Å². The number of rotatable bonds is 5. The van der Waals surface area contributed by atoms with E-state index in [1.54, 1.807) is 0 Å². The summed E-state index contributed by atoms with van der Waals surface area (Å²) >= 11 is 0. The lowest BCUT2D eigenvalue weighted by Gasteiger charge is -2.24. The summed E-state index contributed by atoms with van der Waals surface area (Å²) in [5.74, 6) is -3.24. The van der Waals surface area contributed by atoms with Gasteiger partial charge in [-0.15, -0.1) is 0 Å². The summed E-state index contributed by atoms with van der Waals surface area (Å²) < 4.78 is 36.2. The van der Waals surface area contributed by atoms with Crippen LogP contribution < -0.4 is 5.73 Å². The third-order valence-corrected chi connectivity index (χ3v) is 1.78. The van der Waals surface area contributed by atoms with Crippen LogP contribution in [-0.2, 0) is 9.59 Å². The van der Waals surface area contributed by atoms with Gasteiger partial charge in [0.25, 0.3) is 0 Å². The molecule has 3 N–H and O–H groups in total. The second-order valence-corrected chi connectivity index (χ2v) is 3.34. The first-order valence-corrected chi connectivity index (χ1v) is 4.44.